The minimum absolute atomic E-state index is 0.00245. The van der Waals surface area contributed by atoms with Gasteiger partial charge in [-0.3, -0.25) is 0 Å². The Kier molecular flexibility index (Phi) is 9.74. The van der Waals surface area contributed by atoms with Crippen LogP contribution in [-0.2, 0) is 9.59 Å². The third-order valence-corrected chi connectivity index (χ3v) is 3.71. The molecule has 4 heteroatoms. The van der Waals surface area contributed by atoms with Gasteiger partial charge in [-0.15, -0.1) is 0 Å². The van der Waals surface area contributed by atoms with E-state index in [-0.39, 0.29) is 10.8 Å². The van der Waals surface area contributed by atoms with E-state index in [1.165, 1.54) is 0 Å². The zero-order valence-corrected chi connectivity index (χ0v) is 15.3. The van der Waals surface area contributed by atoms with Gasteiger partial charge < -0.3 is 10.2 Å². The van der Waals surface area contributed by atoms with Crippen molar-refractivity contribution in [2.75, 3.05) is 0 Å². The van der Waals surface area contributed by atoms with Crippen LogP contribution in [0.25, 0.3) is 0 Å². The normalized spacial score (nSPS) is 13.3. The molecule has 0 aliphatic carbocycles. The lowest BCUT2D eigenvalue weighted by molar-refractivity contribution is -0.133. The summed E-state index contributed by atoms with van der Waals surface area (Å²) in [6.45, 7) is 15.5. The number of carboxylic acids is 2. The van der Waals surface area contributed by atoms with E-state index in [1.807, 2.05) is 41.5 Å². The molecule has 0 radical (unpaired) electrons. The van der Waals surface area contributed by atoms with Gasteiger partial charge in [-0.2, -0.15) is 0 Å². The molecular formula is C18H32O4. The first-order valence-electron chi connectivity index (χ1n) is 7.63. The van der Waals surface area contributed by atoms with Crippen LogP contribution in [0.4, 0.5) is 0 Å². The Labute approximate surface area is 134 Å². The number of allylic oxidation sites excluding steroid dienone is 2. The molecule has 4 nitrogen and oxygen atoms in total. The molecule has 0 aromatic rings. The van der Waals surface area contributed by atoms with Gasteiger partial charge >= 0.3 is 11.9 Å². The van der Waals surface area contributed by atoms with Gasteiger partial charge in [-0.1, -0.05) is 53.7 Å². The molecule has 0 aromatic heterocycles. The summed E-state index contributed by atoms with van der Waals surface area (Å²) in [4.78, 5) is 20.8. The fraction of sp³-hybridized carbons (Fsp3) is 0.667. The van der Waals surface area contributed by atoms with Gasteiger partial charge in [0.1, 0.15) is 0 Å². The van der Waals surface area contributed by atoms with Crippen molar-refractivity contribution in [3.05, 3.63) is 23.3 Å². The highest BCUT2D eigenvalue weighted by Gasteiger charge is 2.14. The van der Waals surface area contributed by atoms with E-state index < -0.39 is 11.9 Å². The summed E-state index contributed by atoms with van der Waals surface area (Å²) in [7, 11) is 0. The van der Waals surface area contributed by atoms with Gasteiger partial charge in [0, 0.05) is 11.1 Å². The topological polar surface area (TPSA) is 74.6 Å². The molecule has 0 spiro atoms. The number of carboxylic acid groups (broad SMARTS) is 2. The Morgan fingerprint density at radius 1 is 0.773 bits per heavy atom. The molecule has 0 rings (SSSR count). The van der Waals surface area contributed by atoms with Gasteiger partial charge in [0.15, 0.2) is 0 Å². The number of aliphatic carboxylic acids is 2. The van der Waals surface area contributed by atoms with E-state index >= 15 is 0 Å². The van der Waals surface area contributed by atoms with Crippen LogP contribution in [-0.4, -0.2) is 22.2 Å². The SMILES string of the molecule is CCC(C)(C)C=C(C)C(=O)O.CCC(C)(C)C=C(C)C(=O)O. The third kappa shape index (κ3) is 11.1. The minimum Gasteiger partial charge on any atom is -0.478 e. The summed E-state index contributed by atoms with van der Waals surface area (Å²) >= 11 is 0. The lowest BCUT2D eigenvalue weighted by atomic mass is 9.88. The summed E-state index contributed by atoms with van der Waals surface area (Å²) in [6.07, 6.45) is 5.51. The lowest BCUT2D eigenvalue weighted by Crippen LogP contribution is -2.08. The van der Waals surface area contributed by atoms with E-state index in [0.29, 0.717) is 11.1 Å². The molecular weight excluding hydrogens is 280 g/mol. The average Bonchev–Trinajstić information content (AvgIpc) is 2.38. The van der Waals surface area contributed by atoms with E-state index in [1.54, 1.807) is 26.0 Å². The Hall–Kier alpha value is -1.58. The van der Waals surface area contributed by atoms with Crippen molar-refractivity contribution >= 4 is 11.9 Å². The summed E-state index contributed by atoms with van der Waals surface area (Å²) in [5, 5.41) is 17.1. The largest absolute Gasteiger partial charge is 0.478 e. The molecule has 0 bridgehead atoms. The average molecular weight is 312 g/mol. The molecule has 0 aliphatic rings. The van der Waals surface area contributed by atoms with Crippen molar-refractivity contribution in [3.8, 4) is 0 Å². The van der Waals surface area contributed by atoms with Crippen LogP contribution < -0.4 is 0 Å². The van der Waals surface area contributed by atoms with Crippen LogP contribution in [0.1, 0.15) is 68.2 Å². The Balaban J connectivity index is 0. The van der Waals surface area contributed by atoms with Gasteiger partial charge in [0.05, 0.1) is 0 Å². The molecule has 0 saturated heterocycles. The van der Waals surface area contributed by atoms with Crippen LogP contribution in [0.3, 0.4) is 0 Å². The van der Waals surface area contributed by atoms with Crippen molar-refractivity contribution in [1.29, 1.82) is 0 Å². The van der Waals surface area contributed by atoms with Crippen molar-refractivity contribution in [2.45, 2.75) is 68.2 Å². The fourth-order valence-electron chi connectivity index (χ4n) is 1.50. The molecule has 0 aromatic carbocycles. The first-order chi connectivity index (χ1) is 9.78. The standard InChI is InChI=1S/2C9H16O2/c2*1-5-9(3,4)6-7(2)8(10)11/h2*6H,5H2,1-4H3,(H,10,11). The predicted octanol–water partition coefficient (Wildman–Crippen LogP) is 4.91. The van der Waals surface area contributed by atoms with E-state index in [4.69, 9.17) is 10.2 Å². The maximum absolute atomic E-state index is 10.4. The van der Waals surface area contributed by atoms with Gasteiger partial charge in [0.2, 0.25) is 0 Å². The number of hydrogen-bond acceptors (Lipinski definition) is 2. The van der Waals surface area contributed by atoms with E-state index in [0.717, 1.165) is 12.8 Å². The van der Waals surface area contributed by atoms with Crippen LogP contribution >= 0.6 is 0 Å². The van der Waals surface area contributed by atoms with E-state index in [9.17, 15) is 9.59 Å². The first kappa shape index (κ1) is 22.7. The van der Waals surface area contributed by atoms with Crippen molar-refractivity contribution < 1.29 is 19.8 Å². The predicted molar refractivity (Wildman–Crippen MR) is 90.9 cm³/mol. The quantitative estimate of drug-likeness (QED) is 0.683. The van der Waals surface area contributed by atoms with Crippen molar-refractivity contribution in [1.82, 2.24) is 0 Å². The van der Waals surface area contributed by atoms with Crippen LogP contribution in [0.15, 0.2) is 23.3 Å². The third-order valence-electron chi connectivity index (χ3n) is 3.71. The second-order valence-corrected chi connectivity index (χ2v) is 6.95. The highest BCUT2D eigenvalue weighted by molar-refractivity contribution is 5.86. The number of hydrogen-bond donors (Lipinski definition) is 2. The molecule has 0 atom stereocenters. The zero-order valence-electron chi connectivity index (χ0n) is 15.3. The number of rotatable bonds is 6. The highest BCUT2D eigenvalue weighted by Crippen LogP contribution is 2.23. The van der Waals surface area contributed by atoms with Crippen LogP contribution in [0.2, 0.25) is 0 Å². The molecule has 0 heterocycles. The van der Waals surface area contributed by atoms with Crippen molar-refractivity contribution in [2.24, 2.45) is 10.8 Å². The molecule has 0 fully saturated rings. The van der Waals surface area contributed by atoms with Crippen molar-refractivity contribution in [3.63, 3.8) is 0 Å². The monoisotopic (exact) mass is 312 g/mol. The second kappa shape index (κ2) is 9.44. The second-order valence-electron chi connectivity index (χ2n) is 6.95. The Bertz CT molecular complexity index is 398. The van der Waals surface area contributed by atoms with Gasteiger partial charge in [-0.25, -0.2) is 9.59 Å². The summed E-state index contributed by atoms with van der Waals surface area (Å²) in [5.74, 6) is -1.65. The summed E-state index contributed by atoms with van der Waals surface area (Å²) in [5.41, 5.74) is 0.860. The summed E-state index contributed by atoms with van der Waals surface area (Å²) in [6, 6.07) is 0. The highest BCUT2D eigenvalue weighted by atomic mass is 16.4. The lowest BCUT2D eigenvalue weighted by Gasteiger charge is -2.17. The van der Waals surface area contributed by atoms with Gasteiger partial charge in [0.25, 0.3) is 0 Å². The van der Waals surface area contributed by atoms with Gasteiger partial charge in [-0.05, 0) is 37.5 Å². The maximum atomic E-state index is 10.4. The van der Waals surface area contributed by atoms with Crippen LogP contribution in [0, 0.1) is 10.8 Å². The summed E-state index contributed by atoms with van der Waals surface area (Å²) < 4.78 is 0. The first-order valence-corrected chi connectivity index (χ1v) is 7.63. The molecule has 0 saturated carbocycles. The van der Waals surface area contributed by atoms with Crippen LogP contribution in [0.5, 0.6) is 0 Å². The smallest absolute Gasteiger partial charge is 0.330 e. The Morgan fingerprint density at radius 2 is 1.00 bits per heavy atom. The molecule has 0 unspecified atom stereocenters. The molecule has 2 N–H and O–H groups in total. The molecule has 128 valence electrons. The number of carbonyl (C=O) groups is 2. The maximum Gasteiger partial charge on any atom is 0.330 e. The minimum atomic E-state index is -0.827. The Morgan fingerprint density at radius 3 is 1.14 bits per heavy atom. The molecule has 22 heavy (non-hydrogen) atoms. The zero-order chi connectivity index (χ0) is 18.1. The van der Waals surface area contributed by atoms with E-state index in [2.05, 4.69) is 0 Å². The molecule has 0 amide bonds. The fourth-order valence-corrected chi connectivity index (χ4v) is 1.50. The molecule has 0 aliphatic heterocycles.